The van der Waals surface area contributed by atoms with Crippen LogP contribution in [0.4, 0.5) is 24.5 Å². The molecule has 0 radical (unpaired) electrons. The molecule has 2 N–H and O–H groups in total. The van der Waals surface area contributed by atoms with E-state index in [0.717, 1.165) is 22.6 Å². The summed E-state index contributed by atoms with van der Waals surface area (Å²) in [6.07, 6.45) is -1.35. The lowest BCUT2D eigenvalue weighted by Gasteiger charge is -2.14. The van der Waals surface area contributed by atoms with Gasteiger partial charge in [-0.1, -0.05) is 42.5 Å². The van der Waals surface area contributed by atoms with Gasteiger partial charge in [-0.05, 0) is 55.0 Å². The largest absolute Gasteiger partial charge is 0.416 e. The molecule has 3 aromatic rings. The van der Waals surface area contributed by atoms with Crippen molar-refractivity contribution in [1.82, 2.24) is 0 Å². The summed E-state index contributed by atoms with van der Waals surface area (Å²) in [7, 11) is 0. The third-order valence-electron chi connectivity index (χ3n) is 4.47. The van der Waals surface area contributed by atoms with Gasteiger partial charge < -0.3 is 10.6 Å². The molecule has 0 spiro atoms. The van der Waals surface area contributed by atoms with Crippen LogP contribution in [0, 0.1) is 0 Å². The molecule has 0 saturated heterocycles. The van der Waals surface area contributed by atoms with Crippen LogP contribution in [0.3, 0.4) is 0 Å². The van der Waals surface area contributed by atoms with Crippen LogP contribution in [0.25, 0.3) is 6.08 Å². The summed E-state index contributed by atoms with van der Waals surface area (Å²) < 4.78 is 38.6. The van der Waals surface area contributed by atoms with Crippen LogP contribution in [0.2, 0.25) is 0 Å². The number of nitrogens with one attached hydrogen (secondary N) is 2. The van der Waals surface area contributed by atoms with Crippen molar-refractivity contribution >= 4 is 41.0 Å². The van der Waals surface area contributed by atoms with E-state index >= 15 is 0 Å². The molecular weight excluding hydrogens is 449 g/mol. The van der Waals surface area contributed by atoms with Crippen molar-refractivity contribution in [3.63, 3.8) is 0 Å². The minimum Gasteiger partial charge on any atom is -0.325 e. The third kappa shape index (κ3) is 7.54. The van der Waals surface area contributed by atoms with Gasteiger partial charge in [0.1, 0.15) is 0 Å². The van der Waals surface area contributed by atoms with Crippen LogP contribution in [0.15, 0.2) is 89.8 Å². The van der Waals surface area contributed by atoms with Gasteiger partial charge in [0.05, 0.1) is 10.8 Å². The monoisotopic (exact) mass is 470 g/mol. The Bertz CT molecular complexity index is 1150. The number of carbonyl (C=O) groups excluding carboxylic acids is 2. The number of amides is 2. The van der Waals surface area contributed by atoms with Gasteiger partial charge in [0.25, 0.3) is 0 Å². The van der Waals surface area contributed by atoms with Crippen LogP contribution >= 0.6 is 11.8 Å². The topological polar surface area (TPSA) is 58.2 Å². The van der Waals surface area contributed by atoms with E-state index in [1.54, 1.807) is 37.3 Å². The first kappa shape index (κ1) is 24.1. The minimum absolute atomic E-state index is 0.0773. The van der Waals surface area contributed by atoms with Crippen LogP contribution in [0.1, 0.15) is 18.1 Å². The molecule has 0 aliphatic rings. The van der Waals surface area contributed by atoms with E-state index < -0.39 is 22.9 Å². The molecular formula is C25H21F3N2O2S. The number of hydrogen-bond acceptors (Lipinski definition) is 3. The van der Waals surface area contributed by atoms with E-state index in [2.05, 4.69) is 10.6 Å². The Morgan fingerprint density at radius 1 is 0.879 bits per heavy atom. The Labute approximate surface area is 193 Å². The second kappa shape index (κ2) is 10.9. The lowest BCUT2D eigenvalue weighted by Crippen LogP contribution is -2.22. The molecule has 0 bridgehead atoms. The first-order valence-electron chi connectivity index (χ1n) is 10.00. The first-order valence-corrected chi connectivity index (χ1v) is 10.9. The Morgan fingerprint density at radius 3 is 2.24 bits per heavy atom. The van der Waals surface area contributed by atoms with Crippen LogP contribution in [-0.2, 0) is 15.8 Å². The molecule has 170 valence electrons. The second-order valence-corrected chi connectivity index (χ2v) is 8.50. The molecule has 3 rings (SSSR count). The number of thioether (sulfide) groups is 1. The minimum atomic E-state index is -4.48. The SMILES string of the molecule is CC(Sc1cccc(NC(=O)/C=C/c2ccccc2)c1)C(=O)Nc1cccc(C(F)(F)F)c1. The summed E-state index contributed by atoms with van der Waals surface area (Å²) in [5.74, 6) is -0.726. The fourth-order valence-corrected chi connectivity index (χ4v) is 3.77. The number of halogens is 3. The average molecular weight is 471 g/mol. The van der Waals surface area contributed by atoms with Gasteiger partial charge in [0.2, 0.25) is 11.8 Å². The predicted octanol–water partition coefficient (Wildman–Crippen LogP) is 6.48. The zero-order valence-corrected chi connectivity index (χ0v) is 18.4. The molecule has 2 amide bonds. The summed E-state index contributed by atoms with van der Waals surface area (Å²) in [6.45, 7) is 1.65. The molecule has 1 atom stereocenters. The van der Waals surface area contributed by atoms with E-state index in [4.69, 9.17) is 0 Å². The van der Waals surface area contributed by atoms with Crippen molar-refractivity contribution in [3.8, 4) is 0 Å². The summed E-state index contributed by atoms with van der Waals surface area (Å²) >= 11 is 1.23. The van der Waals surface area contributed by atoms with Gasteiger partial charge in [-0.2, -0.15) is 13.2 Å². The van der Waals surface area contributed by atoms with E-state index in [9.17, 15) is 22.8 Å². The molecule has 0 heterocycles. The van der Waals surface area contributed by atoms with Crippen molar-refractivity contribution in [1.29, 1.82) is 0 Å². The molecule has 0 fully saturated rings. The number of rotatable bonds is 7. The Morgan fingerprint density at radius 2 is 1.55 bits per heavy atom. The van der Waals surface area contributed by atoms with Gasteiger partial charge in [-0.15, -0.1) is 11.8 Å². The van der Waals surface area contributed by atoms with Gasteiger partial charge in [0.15, 0.2) is 0 Å². The maximum atomic E-state index is 12.9. The Balaban J connectivity index is 1.58. The third-order valence-corrected chi connectivity index (χ3v) is 5.56. The molecule has 33 heavy (non-hydrogen) atoms. The Hall–Kier alpha value is -3.52. The van der Waals surface area contributed by atoms with E-state index in [0.29, 0.717) is 5.69 Å². The van der Waals surface area contributed by atoms with Crippen LogP contribution < -0.4 is 10.6 Å². The summed E-state index contributed by atoms with van der Waals surface area (Å²) in [5.41, 5.74) is 0.713. The number of anilines is 2. The summed E-state index contributed by atoms with van der Waals surface area (Å²) in [4.78, 5) is 25.4. The predicted molar refractivity (Wildman–Crippen MR) is 126 cm³/mol. The molecule has 8 heteroatoms. The zero-order valence-electron chi connectivity index (χ0n) is 17.6. The van der Waals surface area contributed by atoms with Crippen LogP contribution in [-0.4, -0.2) is 17.1 Å². The zero-order chi connectivity index (χ0) is 23.8. The second-order valence-electron chi connectivity index (χ2n) is 7.09. The van der Waals surface area contributed by atoms with Crippen LogP contribution in [0.5, 0.6) is 0 Å². The number of carbonyl (C=O) groups is 2. The lowest BCUT2D eigenvalue weighted by molar-refractivity contribution is -0.137. The highest BCUT2D eigenvalue weighted by Crippen LogP contribution is 2.31. The quantitative estimate of drug-likeness (QED) is 0.307. The van der Waals surface area contributed by atoms with Crippen molar-refractivity contribution in [2.45, 2.75) is 23.2 Å². The highest BCUT2D eigenvalue weighted by molar-refractivity contribution is 8.00. The van der Waals surface area contributed by atoms with Gasteiger partial charge in [-0.25, -0.2) is 0 Å². The fraction of sp³-hybridized carbons (Fsp3) is 0.120. The molecule has 0 aromatic heterocycles. The number of hydrogen-bond donors (Lipinski definition) is 2. The maximum absolute atomic E-state index is 12.9. The number of benzene rings is 3. The maximum Gasteiger partial charge on any atom is 0.416 e. The smallest absolute Gasteiger partial charge is 0.325 e. The van der Waals surface area contributed by atoms with Gasteiger partial charge in [-0.3, -0.25) is 9.59 Å². The Kier molecular flexibility index (Phi) is 7.95. The summed E-state index contributed by atoms with van der Waals surface area (Å²) in [5, 5.41) is 4.70. The van der Waals surface area contributed by atoms with Crippen molar-refractivity contribution in [2.75, 3.05) is 10.6 Å². The average Bonchev–Trinajstić information content (AvgIpc) is 2.78. The van der Waals surface area contributed by atoms with Gasteiger partial charge >= 0.3 is 6.18 Å². The molecule has 3 aromatic carbocycles. The molecule has 0 aliphatic carbocycles. The molecule has 4 nitrogen and oxygen atoms in total. The molecule has 0 aliphatic heterocycles. The highest BCUT2D eigenvalue weighted by atomic mass is 32.2. The van der Waals surface area contributed by atoms with Crippen molar-refractivity contribution in [3.05, 3.63) is 96.1 Å². The van der Waals surface area contributed by atoms with Crippen molar-refractivity contribution < 1.29 is 22.8 Å². The van der Waals surface area contributed by atoms with Gasteiger partial charge in [0, 0.05) is 22.3 Å². The normalized spacial score (nSPS) is 12.4. The van der Waals surface area contributed by atoms with E-state index in [1.165, 1.54) is 30.0 Å². The standard InChI is InChI=1S/C25H21F3N2O2S/c1-17(24(32)30-20-10-5-9-19(15-20)25(26,27)28)33-22-12-6-11-21(16-22)29-23(31)14-13-18-7-3-2-4-8-18/h2-17H,1H3,(H,29,31)(H,30,32)/b14-13+. The number of alkyl halides is 3. The molecule has 1 unspecified atom stereocenters. The van der Waals surface area contributed by atoms with E-state index in [1.807, 2.05) is 30.3 Å². The first-order chi connectivity index (χ1) is 15.7. The fourth-order valence-electron chi connectivity index (χ4n) is 2.84. The highest BCUT2D eigenvalue weighted by Gasteiger charge is 2.30. The molecule has 0 saturated carbocycles. The van der Waals surface area contributed by atoms with Crippen molar-refractivity contribution in [2.24, 2.45) is 0 Å². The van der Waals surface area contributed by atoms with E-state index in [-0.39, 0.29) is 11.6 Å². The lowest BCUT2D eigenvalue weighted by atomic mass is 10.2. The summed E-state index contributed by atoms with van der Waals surface area (Å²) in [6, 6.07) is 20.9.